The molecule has 0 aliphatic heterocycles. The fraction of sp³-hybridized carbons (Fsp3) is 1.00. The van der Waals surface area contributed by atoms with E-state index in [9.17, 15) is 0 Å². The van der Waals surface area contributed by atoms with E-state index in [0.29, 0.717) is 0 Å². The van der Waals surface area contributed by atoms with Gasteiger partial charge in [-0.2, -0.15) is 0 Å². The van der Waals surface area contributed by atoms with E-state index in [2.05, 4.69) is 31.9 Å². The first-order chi connectivity index (χ1) is 5.74. The molecule has 0 aliphatic rings. The molecular formula is C9H25NSi2. The standard InChI is InChI=1S/C9H25NSi2/c1-5-7-10(8-6-2)12-9(3)11-4/h9H,5-8,11-12H2,1-4H3. The summed E-state index contributed by atoms with van der Waals surface area (Å²) in [6.45, 7) is 12.2. The Labute approximate surface area is 82.6 Å². The Balaban J connectivity index is 3.61. The van der Waals surface area contributed by atoms with Gasteiger partial charge in [0, 0.05) is 9.52 Å². The molecule has 1 nitrogen and oxygen atoms in total. The number of nitrogens with zero attached hydrogens (tertiary/aromatic N) is 1. The lowest BCUT2D eigenvalue weighted by molar-refractivity contribution is 0.438. The monoisotopic (exact) mass is 203 g/mol. The van der Waals surface area contributed by atoms with Crippen molar-refractivity contribution in [1.82, 2.24) is 4.57 Å². The Hall–Kier alpha value is 0.394. The number of rotatable bonds is 7. The van der Waals surface area contributed by atoms with E-state index in [1.807, 2.05) is 0 Å². The van der Waals surface area contributed by atoms with E-state index < -0.39 is 0 Å². The van der Waals surface area contributed by atoms with Crippen molar-refractivity contribution in [1.29, 1.82) is 0 Å². The number of hydrogen-bond donors (Lipinski definition) is 0. The number of hydrogen-bond acceptors (Lipinski definition) is 1. The molecule has 0 aromatic carbocycles. The van der Waals surface area contributed by atoms with Crippen LogP contribution in [0.15, 0.2) is 0 Å². The molecule has 0 bridgehead atoms. The molecule has 0 aliphatic carbocycles. The fourth-order valence-corrected chi connectivity index (χ4v) is 5.50. The summed E-state index contributed by atoms with van der Waals surface area (Å²) in [6, 6.07) is 0. The topological polar surface area (TPSA) is 3.24 Å². The molecule has 12 heavy (non-hydrogen) atoms. The summed E-state index contributed by atoms with van der Waals surface area (Å²) in [6.07, 6.45) is 2.68. The SMILES string of the molecule is CCCN(CCC)[SiH2]C(C)[SiH2]C. The van der Waals surface area contributed by atoms with Gasteiger partial charge in [0.15, 0.2) is 0 Å². The normalized spacial score (nSPS) is 15.8. The Kier molecular flexibility index (Phi) is 8.28. The van der Waals surface area contributed by atoms with Crippen molar-refractivity contribution < 1.29 is 0 Å². The van der Waals surface area contributed by atoms with Crippen LogP contribution >= 0.6 is 0 Å². The van der Waals surface area contributed by atoms with Crippen molar-refractivity contribution >= 4 is 19.2 Å². The minimum atomic E-state index is 0.123. The molecule has 0 aromatic rings. The first-order valence-electron chi connectivity index (χ1n) is 5.46. The molecule has 0 saturated carbocycles. The van der Waals surface area contributed by atoms with Gasteiger partial charge in [0.2, 0.25) is 0 Å². The summed E-state index contributed by atoms with van der Waals surface area (Å²) < 4.78 is 2.77. The second kappa shape index (κ2) is 8.01. The van der Waals surface area contributed by atoms with Crippen LogP contribution in [0.4, 0.5) is 0 Å². The van der Waals surface area contributed by atoms with Gasteiger partial charge in [0.1, 0.15) is 0 Å². The average molecular weight is 203 g/mol. The van der Waals surface area contributed by atoms with E-state index in [1.165, 1.54) is 25.9 Å². The van der Waals surface area contributed by atoms with Crippen LogP contribution in [-0.4, -0.2) is 36.9 Å². The van der Waals surface area contributed by atoms with Gasteiger partial charge in [-0.3, -0.25) is 0 Å². The van der Waals surface area contributed by atoms with Crippen LogP contribution in [0.1, 0.15) is 33.6 Å². The minimum absolute atomic E-state index is 0.123. The smallest absolute Gasteiger partial charge is 0.0947 e. The minimum Gasteiger partial charge on any atom is -0.329 e. The Morgan fingerprint density at radius 3 is 2.00 bits per heavy atom. The predicted octanol–water partition coefficient (Wildman–Crippen LogP) is 1.17. The summed E-state index contributed by atoms with van der Waals surface area (Å²) in [4.78, 5) is 0. The molecule has 0 fully saturated rings. The molecule has 3 heteroatoms. The lowest BCUT2D eigenvalue weighted by Gasteiger charge is -2.23. The van der Waals surface area contributed by atoms with Gasteiger partial charge in [-0.05, 0) is 25.9 Å². The highest BCUT2D eigenvalue weighted by molar-refractivity contribution is 6.56. The van der Waals surface area contributed by atoms with Crippen LogP contribution in [0.2, 0.25) is 11.7 Å². The third-order valence-electron chi connectivity index (χ3n) is 2.35. The molecule has 0 rings (SSSR count). The quantitative estimate of drug-likeness (QED) is 0.562. The maximum Gasteiger partial charge on any atom is 0.0947 e. The van der Waals surface area contributed by atoms with E-state index in [0.717, 1.165) is 5.16 Å². The van der Waals surface area contributed by atoms with E-state index in [-0.39, 0.29) is 19.2 Å². The van der Waals surface area contributed by atoms with Crippen molar-refractivity contribution in [3.63, 3.8) is 0 Å². The molecule has 0 aromatic heterocycles. The predicted molar refractivity (Wildman–Crippen MR) is 64.5 cm³/mol. The van der Waals surface area contributed by atoms with E-state index >= 15 is 0 Å². The third-order valence-corrected chi connectivity index (χ3v) is 8.02. The molecule has 1 atom stereocenters. The fourth-order valence-electron chi connectivity index (χ4n) is 1.50. The van der Waals surface area contributed by atoms with Crippen molar-refractivity contribution in [2.75, 3.05) is 13.1 Å². The van der Waals surface area contributed by atoms with Crippen LogP contribution in [0.3, 0.4) is 0 Å². The van der Waals surface area contributed by atoms with Crippen molar-refractivity contribution in [3.8, 4) is 0 Å². The Morgan fingerprint density at radius 1 is 1.17 bits per heavy atom. The molecular weight excluding hydrogens is 178 g/mol. The van der Waals surface area contributed by atoms with Crippen molar-refractivity contribution in [3.05, 3.63) is 0 Å². The first kappa shape index (κ1) is 12.4. The van der Waals surface area contributed by atoms with Gasteiger partial charge >= 0.3 is 0 Å². The Bertz CT molecular complexity index is 92.5. The van der Waals surface area contributed by atoms with Gasteiger partial charge in [-0.1, -0.05) is 32.5 Å². The van der Waals surface area contributed by atoms with Gasteiger partial charge in [0.25, 0.3) is 0 Å². The Morgan fingerprint density at radius 2 is 1.67 bits per heavy atom. The summed E-state index contributed by atoms with van der Waals surface area (Å²) in [5.41, 5.74) is 0. The molecule has 74 valence electrons. The second-order valence-electron chi connectivity index (χ2n) is 3.81. The molecule has 0 radical (unpaired) electrons. The van der Waals surface area contributed by atoms with E-state index in [1.54, 1.807) is 0 Å². The van der Waals surface area contributed by atoms with Gasteiger partial charge in [-0.15, -0.1) is 0 Å². The maximum absolute atomic E-state index is 2.77. The summed E-state index contributed by atoms with van der Waals surface area (Å²) in [5.74, 6) is 0. The van der Waals surface area contributed by atoms with Crippen molar-refractivity contribution in [2.24, 2.45) is 0 Å². The van der Waals surface area contributed by atoms with Gasteiger partial charge < -0.3 is 4.57 Å². The van der Waals surface area contributed by atoms with Gasteiger partial charge in [0.05, 0.1) is 9.68 Å². The van der Waals surface area contributed by atoms with Crippen LogP contribution in [-0.2, 0) is 0 Å². The summed E-state index contributed by atoms with van der Waals surface area (Å²) >= 11 is 0. The zero-order valence-corrected chi connectivity index (χ0v) is 12.1. The summed E-state index contributed by atoms with van der Waals surface area (Å²) in [7, 11) is 0.404. The third kappa shape index (κ3) is 5.97. The molecule has 0 spiro atoms. The molecule has 0 amide bonds. The van der Waals surface area contributed by atoms with Crippen molar-refractivity contribution in [2.45, 2.75) is 45.3 Å². The van der Waals surface area contributed by atoms with Crippen LogP contribution in [0.5, 0.6) is 0 Å². The highest BCUT2D eigenvalue weighted by atomic mass is 28.3. The van der Waals surface area contributed by atoms with E-state index in [4.69, 9.17) is 0 Å². The highest BCUT2D eigenvalue weighted by Crippen LogP contribution is 2.02. The maximum atomic E-state index is 2.77. The molecule has 0 heterocycles. The van der Waals surface area contributed by atoms with Crippen LogP contribution in [0.25, 0.3) is 0 Å². The average Bonchev–Trinajstić information content (AvgIpc) is 2.05. The first-order valence-corrected chi connectivity index (χ1v) is 9.14. The highest BCUT2D eigenvalue weighted by Gasteiger charge is 2.07. The van der Waals surface area contributed by atoms with Crippen LogP contribution in [0, 0.1) is 0 Å². The largest absolute Gasteiger partial charge is 0.329 e. The van der Waals surface area contributed by atoms with Gasteiger partial charge in [-0.25, -0.2) is 0 Å². The van der Waals surface area contributed by atoms with Crippen LogP contribution < -0.4 is 0 Å². The lowest BCUT2D eigenvalue weighted by Crippen LogP contribution is -2.32. The molecule has 0 saturated heterocycles. The summed E-state index contributed by atoms with van der Waals surface area (Å²) in [5, 5.41) is 1.14. The second-order valence-corrected chi connectivity index (χ2v) is 9.83. The molecule has 0 N–H and O–H groups in total. The zero-order valence-electron chi connectivity index (χ0n) is 9.27. The lowest BCUT2D eigenvalue weighted by atomic mass is 10.4. The zero-order chi connectivity index (χ0) is 9.40. The molecule has 1 unspecified atom stereocenters.